The minimum atomic E-state index is -4.39. The van der Waals surface area contributed by atoms with E-state index < -0.39 is 26.5 Å². The van der Waals surface area contributed by atoms with Crippen LogP contribution in [-0.4, -0.2) is 74.9 Å². The first-order chi connectivity index (χ1) is 38.5. The van der Waals surface area contributed by atoms with E-state index in [-0.39, 0.29) is 32.0 Å². The largest absolute Gasteiger partial charge is 0.472 e. The van der Waals surface area contributed by atoms with E-state index in [4.69, 9.17) is 18.5 Å². The van der Waals surface area contributed by atoms with Gasteiger partial charge in [-0.25, -0.2) is 4.57 Å². The summed E-state index contributed by atoms with van der Waals surface area (Å²) in [6.07, 6.45) is 79.0. The highest BCUT2D eigenvalue weighted by Gasteiger charge is 2.27. The Morgan fingerprint density at radius 3 is 1.08 bits per heavy atom. The fraction of sp³-hybridized carbons (Fsp3) is 0.826. The lowest BCUT2D eigenvalue weighted by atomic mass is 10.0. The maximum atomic E-state index is 12.8. The number of rotatable bonds is 62. The van der Waals surface area contributed by atoms with E-state index in [0.717, 1.165) is 77.0 Å². The summed E-state index contributed by atoms with van der Waals surface area (Å²) in [6.45, 7) is 4.35. The van der Waals surface area contributed by atoms with Crippen molar-refractivity contribution in [2.75, 3.05) is 47.5 Å². The van der Waals surface area contributed by atoms with Crippen molar-refractivity contribution in [2.45, 2.75) is 322 Å². The molecule has 0 aromatic rings. The van der Waals surface area contributed by atoms with Crippen LogP contribution >= 0.6 is 7.82 Å². The fourth-order valence-corrected chi connectivity index (χ4v) is 10.4. The van der Waals surface area contributed by atoms with Crippen LogP contribution in [-0.2, 0) is 32.7 Å². The van der Waals surface area contributed by atoms with Crippen LogP contribution in [0.15, 0.2) is 60.8 Å². The Labute approximate surface area is 489 Å². The highest BCUT2D eigenvalue weighted by atomic mass is 31.2. The van der Waals surface area contributed by atoms with Crippen molar-refractivity contribution in [2.24, 2.45) is 0 Å². The smallest absolute Gasteiger partial charge is 0.462 e. The van der Waals surface area contributed by atoms with Crippen molar-refractivity contribution in [3.63, 3.8) is 0 Å². The van der Waals surface area contributed by atoms with Gasteiger partial charge in [-0.1, -0.05) is 306 Å². The van der Waals surface area contributed by atoms with Gasteiger partial charge < -0.3 is 18.9 Å². The molecular formula is C69H129NO8P+. The van der Waals surface area contributed by atoms with Crippen molar-refractivity contribution in [3.05, 3.63) is 60.8 Å². The second-order valence-electron chi connectivity index (χ2n) is 23.8. The molecule has 0 aromatic carbocycles. The van der Waals surface area contributed by atoms with E-state index in [9.17, 15) is 19.0 Å². The number of carbonyl (C=O) groups excluding carboxylic acids is 2. The number of hydrogen-bond acceptors (Lipinski definition) is 7. The quantitative estimate of drug-likeness (QED) is 0.0211. The molecule has 9 nitrogen and oxygen atoms in total. The molecule has 462 valence electrons. The number of esters is 2. The van der Waals surface area contributed by atoms with Gasteiger partial charge in [0, 0.05) is 12.8 Å². The van der Waals surface area contributed by atoms with Crippen molar-refractivity contribution >= 4 is 19.8 Å². The number of quaternary nitrogens is 1. The molecule has 0 heterocycles. The molecule has 0 spiro atoms. The lowest BCUT2D eigenvalue weighted by Gasteiger charge is -2.24. The topological polar surface area (TPSA) is 108 Å². The van der Waals surface area contributed by atoms with Crippen LogP contribution in [0.1, 0.15) is 316 Å². The number of hydrogen-bond donors (Lipinski definition) is 1. The number of carbonyl (C=O) groups is 2. The lowest BCUT2D eigenvalue weighted by Crippen LogP contribution is -2.37. The average molecular weight is 1130 g/mol. The van der Waals surface area contributed by atoms with Gasteiger partial charge in [0.2, 0.25) is 0 Å². The summed E-state index contributed by atoms with van der Waals surface area (Å²) in [7, 11) is 1.47. The van der Waals surface area contributed by atoms with Crippen molar-refractivity contribution in [1.29, 1.82) is 0 Å². The van der Waals surface area contributed by atoms with Crippen LogP contribution in [0.2, 0.25) is 0 Å². The maximum absolute atomic E-state index is 12.8. The zero-order valence-electron chi connectivity index (χ0n) is 52.6. The summed E-state index contributed by atoms with van der Waals surface area (Å²) in [6, 6.07) is 0. The number of likely N-dealkylation sites (N-methyl/N-ethyl adjacent to an activating group) is 1. The third-order valence-electron chi connectivity index (χ3n) is 14.8. The molecule has 0 aromatic heterocycles. The standard InChI is InChI=1S/C69H128NO8P/c1-6-8-10-12-14-16-18-20-22-24-26-28-30-31-32-33-34-35-36-37-38-40-41-43-45-47-49-51-53-55-57-59-61-68(71)75-65-67(66-77-79(73,74)76-64-63-70(3,4)5)78-69(72)62-60-58-56-54-52-50-48-46-44-42-39-29-27-25-23-21-19-17-15-13-11-9-7-2/h9,11,15,17,21,23,27,29,42,44,67H,6-8,10,12-14,16,18-20,22,24-26,28,30-41,43,45-66H2,1-5H3/p+1/b11-9-,17-15-,23-21-,29-27-,44-42-. The molecule has 2 atom stereocenters. The Hall–Kier alpha value is -2.29. The first-order valence-electron chi connectivity index (χ1n) is 33.5. The molecule has 0 radical (unpaired) electrons. The Balaban J connectivity index is 4.03. The van der Waals surface area contributed by atoms with Gasteiger partial charge in [-0.15, -0.1) is 0 Å². The summed E-state index contributed by atoms with van der Waals surface area (Å²) in [5.74, 6) is -0.799. The van der Waals surface area contributed by atoms with E-state index >= 15 is 0 Å². The molecule has 2 unspecified atom stereocenters. The van der Waals surface area contributed by atoms with Gasteiger partial charge >= 0.3 is 19.8 Å². The predicted molar refractivity (Wildman–Crippen MR) is 340 cm³/mol. The summed E-state index contributed by atoms with van der Waals surface area (Å²) < 4.78 is 34.7. The number of unbranched alkanes of at least 4 members (excludes halogenated alkanes) is 38. The van der Waals surface area contributed by atoms with Gasteiger partial charge in [0.05, 0.1) is 27.7 Å². The van der Waals surface area contributed by atoms with Gasteiger partial charge in [-0.3, -0.25) is 18.6 Å². The molecule has 0 fully saturated rings. The van der Waals surface area contributed by atoms with Crippen LogP contribution in [0.25, 0.3) is 0 Å². The molecular weight excluding hydrogens is 1000 g/mol. The van der Waals surface area contributed by atoms with Crippen LogP contribution in [0.4, 0.5) is 0 Å². The van der Waals surface area contributed by atoms with Crippen LogP contribution in [0, 0.1) is 0 Å². The lowest BCUT2D eigenvalue weighted by molar-refractivity contribution is -0.870. The number of allylic oxidation sites excluding steroid dienone is 10. The molecule has 10 heteroatoms. The number of nitrogens with zero attached hydrogens (tertiary/aromatic N) is 1. The van der Waals surface area contributed by atoms with E-state index in [1.807, 2.05) is 21.1 Å². The van der Waals surface area contributed by atoms with Gasteiger partial charge in [-0.2, -0.15) is 0 Å². The molecule has 1 N–H and O–H groups in total. The summed E-state index contributed by atoms with van der Waals surface area (Å²) in [5, 5.41) is 0. The third-order valence-corrected chi connectivity index (χ3v) is 15.8. The molecule has 0 amide bonds. The van der Waals surface area contributed by atoms with Crippen LogP contribution < -0.4 is 0 Å². The molecule has 0 saturated heterocycles. The van der Waals surface area contributed by atoms with E-state index in [0.29, 0.717) is 17.4 Å². The Bertz CT molecular complexity index is 1520. The highest BCUT2D eigenvalue weighted by molar-refractivity contribution is 7.47. The second kappa shape index (κ2) is 60.3. The SMILES string of the molecule is CC/C=C\C/C=C\C/C=C\C/C=C\C/C=C\CCCCCCCCCC(=O)OC(COC(=O)CCCCCCCCCCCCCCCCCCCCCCCCCCCCCCCCCC)COP(=O)(O)OCC[N+](C)(C)C. The van der Waals surface area contributed by atoms with Crippen molar-refractivity contribution < 1.29 is 42.1 Å². The zero-order valence-corrected chi connectivity index (χ0v) is 53.5. The molecule has 0 bridgehead atoms. The molecule has 0 rings (SSSR count). The van der Waals surface area contributed by atoms with Gasteiger partial charge in [0.15, 0.2) is 6.10 Å². The molecule has 79 heavy (non-hydrogen) atoms. The molecule has 0 aliphatic rings. The first kappa shape index (κ1) is 76.7. The van der Waals surface area contributed by atoms with Crippen molar-refractivity contribution in [3.8, 4) is 0 Å². The monoisotopic (exact) mass is 1130 g/mol. The minimum absolute atomic E-state index is 0.0285. The Kier molecular flexibility index (Phi) is 58.6. The van der Waals surface area contributed by atoms with Gasteiger partial charge in [0.25, 0.3) is 0 Å². The predicted octanol–water partition coefficient (Wildman–Crippen LogP) is 21.4. The maximum Gasteiger partial charge on any atom is 0.472 e. The number of phosphoric acid groups is 1. The zero-order chi connectivity index (χ0) is 57.7. The highest BCUT2D eigenvalue weighted by Crippen LogP contribution is 2.43. The van der Waals surface area contributed by atoms with Crippen LogP contribution in [0.3, 0.4) is 0 Å². The average Bonchev–Trinajstić information content (AvgIpc) is 3.41. The summed E-state index contributed by atoms with van der Waals surface area (Å²) >= 11 is 0. The minimum Gasteiger partial charge on any atom is -0.462 e. The summed E-state index contributed by atoms with van der Waals surface area (Å²) in [5.41, 5.74) is 0. The normalized spacial score (nSPS) is 13.5. The summed E-state index contributed by atoms with van der Waals surface area (Å²) in [4.78, 5) is 35.8. The van der Waals surface area contributed by atoms with E-state index in [2.05, 4.69) is 74.6 Å². The first-order valence-corrected chi connectivity index (χ1v) is 35.0. The Morgan fingerprint density at radius 2 is 0.722 bits per heavy atom. The number of ether oxygens (including phenoxy) is 2. The van der Waals surface area contributed by atoms with E-state index in [1.54, 1.807) is 0 Å². The van der Waals surface area contributed by atoms with Gasteiger partial charge in [-0.05, 0) is 57.8 Å². The third kappa shape index (κ3) is 64.7. The number of phosphoric ester groups is 1. The molecule has 0 saturated carbocycles. The Morgan fingerprint density at radius 1 is 0.405 bits per heavy atom. The van der Waals surface area contributed by atoms with Crippen LogP contribution in [0.5, 0.6) is 0 Å². The fourth-order valence-electron chi connectivity index (χ4n) is 9.69. The second-order valence-corrected chi connectivity index (χ2v) is 25.3. The molecule has 0 aliphatic heterocycles. The van der Waals surface area contributed by atoms with Crippen molar-refractivity contribution in [1.82, 2.24) is 0 Å². The van der Waals surface area contributed by atoms with E-state index in [1.165, 1.54) is 205 Å². The molecule has 0 aliphatic carbocycles. The van der Waals surface area contributed by atoms with Gasteiger partial charge in [0.1, 0.15) is 19.8 Å².